The molecule has 2 aromatic carbocycles. The van der Waals surface area contributed by atoms with Crippen LogP contribution in [0, 0.1) is 5.92 Å². The zero-order chi connectivity index (χ0) is 16.1. The van der Waals surface area contributed by atoms with E-state index in [4.69, 9.17) is 0 Å². The third-order valence-electron chi connectivity index (χ3n) is 4.83. The van der Waals surface area contributed by atoms with Gasteiger partial charge in [-0.3, -0.25) is 4.90 Å². The summed E-state index contributed by atoms with van der Waals surface area (Å²) in [4.78, 5) is 2.59. The van der Waals surface area contributed by atoms with Crippen LogP contribution in [0.3, 0.4) is 0 Å². The summed E-state index contributed by atoms with van der Waals surface area (Å²) in [5.41, 5.74) is 5.35. The van der Waals surface area contributed by atoms with Gasteiger partial charge in [-0.05, 0) is 54.5 Å². The fraction of sp³-hybridized carbons (Fsp3) is 0.364. The zero-order valence-electron chi connectivity index (χ0n) is 14.3. The molecule has 0 amide bonds. The highest BCUT2D eigenvalue weighted by Gasteiger charge is 2.15. The predicted octanol–water partition coefficient (Wildman–Crippen LogP) is 5.49. The summed E-state index contributed by atoms with van der Waals surface area (Å²) < 4.78 is 0. The number of hydrogen-bond acceptors (Lipinski definition) is 1. The van der Waals surface area contributed by atoms with Gasteiger partial charge in [-0.1, -0.05) is 67.6 Å². The first-order chi connectivity index (χ1) is 11.2. The Labute approximate surface area is 140 Å². The van der Waals surface area contributed by atoms with Gasteiger partial charge in [0.15, 0.2) is 0 Å². The van der Waals surface area contributed by atoms with E-state index in [9.17, 15) is 0 Å². The number of hydrogen-bond donors (Lipinski definition) is 0. The quantitative estimate of drug-likeness (QED) is 0.722. The molecule has 1 unspecified atom stereocenters. The molecule has 1 heterocycles. The lowest BCUT2D eigenvalue weighted by molar-refractivity contribution is 0.201. The number of allylic oxidation sites excluding steroid dienone is 1. The topological polar surface area (TPSA) is 3.24 Å². The average molecular weight is 305 g/mol. The molecule has 0 N–H and O–H groups in total. The molecular weight excluding hydrogens is 278 g/mol. The van der Waals surface area contributed by atoms with E-state index in [2.05, 4.69) is 79.4 Å². The van der Waals surface area contributed by atoms with Crippen molar-refractivity contribution in [2.75, 3.05) is 19.6 Å². The monoisotopic (exact) mass is 305 g/mol. The second-order valence-corrected chi connectivity index (χ2v) is 6.81. The van der Waals surface area contributed by atoms with Crippen LogP contribution in [-0.2, 0) is 0 Å². The molecule has 1 heteroatoms. The summed E-state index contributed by atoms with van der Waals surface area (Å²) in [6.45, 7) is 8.17. The van der Waals surface area contributed by atoms with E-state index in [-0.39, 0.29) is 0 Å². The molecule has 2 aromatic rings. The number of benzene rings is 2. The van der Waals surface area contributed by atoms with E-state index in [0.29, 0.717) is 0 Å². The molecule has 3 rings (SSSR count). The largest absolute Gasteiger partial charge is 0.299 e. The maximum absolute atomic E-state index is 2.59. The van der Waals surface area contributed by atoms with Gasteiger partial charge < -0.3 is 0 Å². The van der Waals surface area contributed by atoms with Crippen molar-refractivity contribution >= 4 is 5.57 Å². The lowest BCUT2D eigenvalue weighted by Gasteiger charge is -2.30. The first kappa shape index (κ1) is 16.0. The molecule has 1 saturated heterocycles. The first-order valence-electron chi connectivity index (χ1n) is 8.78. The van der Waals surface area contributed by atoms with Crippen molar-refractivity contribution in [2.24, 2.45) is 5.92 Å². The molecule has 1 fully saturated rings. The number of piperidine rings is 1. The van der Waals surface area contributed by atoms with Crippen LogP contribution < -0.4 is 0 Å². The third kappa shape index (κ3) is 4.11. The van der Waals surface area contributed by atoms with E-state index in [1.54, 1.807) is 0 Å². The standard InChI is InChI=1S/C22H27N/c1-18-9-8-15-23(17-18)16-14-19(2)21-12-6-7-13-22(21)20-10-4-3-5-11-20/h3-7,10-14,18H,8-9,15-17H2,1-2H3. The number of likely N-dealkylation sites (tertiary alicyclic amines) is 1. The molecule has 120 valence electrons. The summed E-state index contributed by atoms with van der Waals surface area (Å²) >= 11 is 0. The van der Waals surface area contributed by atoms with E-state index >= 15 is 0 Å². The number of nitrogens with zero attached hydrogens (tertiary/aromatic N) is 1. The molecule has 0 aromatic heterocycles. The van der Waals surface area contributed by atoms with Crippen molar-refractivity contribution in [2.45, 2.75) is 26.7 Å². The van der Waals surface area contributed by atoms with E-state index < -0.39 is 0 Å². The van der Waals surface area contributed by atoms with Crippen LogP contribution in [0.25, 0.3) is 16.7 Å². The minimum absolute atomic E-state index is 0.842. The average Bonchev–Trinajstić information content (AvgIpc) is 2.60. The molecular formula is C22H27N. The first-order valence-corrected chi connectivity index (χ1v) is 8.78. The maximum Gasteiger partial charge on any atom is 0.0169 e. The minimum Gasteiger partial charge on any atom is -0.299 e. The summed E-state index contributed by atoms with van der Waals surface area (Å²) in [6.07, 6.45) is 5.13. The third-order valence-corrected chi connectivity index (χ3v) is 4.83. The van der Waals surface area contributed by atoms with Gasteiger partial charge in [-0.25, -0.2) is 0 Å². The van der Waals surface area contributed by atoms with Crippen LogP contribution in [0.15, 0.2) is 60.7 Å². The van der Waals surface area contributed by atoms with Gasteiger partial charge in [0.05, 0.1) is 0 Å². The Morgan fingerprint density at radius 3 is 2.61 bits per heavy atom. The molecule has 0 bridgehead atoms. The zero-order valence-corrected chi connectivity index (χ0v) is 14.3. The van der Waals surface area contributed by atoms with Crippen LogP contribution in [0.5, 0.6) is 0 Å². The Bertz CT molecular complexity index is 657. The van der Waals surface area contributed by atoms with E-state index in [1.807, 2.05) is 0 Å². The lowest BCUT2D eigenvalue weighted by Crippen LogP contribution is -2.34. The van der Waals surface area contributed by atoms with Crippen LogP contribution in [0.2, 0.25) is 0 Å². The molecule has 0 aliphatic carbocycles. The van der Waals surface area contributed by atoms with Crippen LogP contribution in [0.1, 0.15) is 32.3 Å². The second-order valence-electron chi connectivity index (χ2n) is 6.81. The van der Waals surface area contributed by atoms with Crippen molar-refractivity contribution in [1.82, 2.24) is 4.90 Å². The van der Waals surface area contributed by atoms with Crippen molar-refractivity contribution in [1.29, 1.82) is 0 Å². The van der Waals surface area contributed by atoms with Crippen molar-refractivity contribution < 1.29 is 0 Å². The molecule has 1 atom stereocenters. The molecule has 0 saturated carbocycles. The van der Waals surface area contributed by atoms with Gasteiger partial charge in [0.25, 0.3) is 0 Å². The minimum atomic E-state index is 0.842. The summed E-state index contributed by atoms with van der Waals surface area (Å²) in [5.74, 6) is 0.842. The summed E-state index contributed by atoms with van der Waals surface area (Å²) in [7, 11) is 0. The van der Waals surface area contributed by atoms with E-state index in [0.717, 1.165) is 12.5 Å². The smallest absolute Gasteiger partial charge is 0.0169 e. The molecule has 23 heavy (non-hydrogen) atoms. The fourth-order valence-electron chi connectivity index (χ4n) is 3.52. The molecule has 1 aliphatic heterocycles. The Hall–Kier alpha value is -1.86. The predicted molar refractivity (Wildman–Crippen MR) is 100 cm³/mol. The van der Waals surface area contributed by atoms with Crippen LogP contribution >= 0.6 is 0 Å². The Balaban J connectivity index is 1.79. The van der Waals surface area contributed by atoms with E-state index in [1.165, 1.54) is 48.2 Å². The Morgan fingerprint density at radius 1 is 1.09 bits per heavy atom. The van der Waals surface area contributed by atoms with Crippen molar-refractivity contribution in [3.05, 3.63) is 66.2 Å². The van der Waals surface area contributed by atoms with Gasteiger partial charge >= 0.3 is 0 Å². The highest BCUT2D eigenvalue weighted by molar-refractivity contribution is 5.80. The maximum atomic E-state index is 2.59. The van der Waals surface area contributed by atoms with Gasteiger partial charge in [0.2, 0.25) is 0 Å². The van der Waals surface area contributed by atoms with Crippen LogP contribution in [0.4, 0.5) is 0 Å². The van der Waals surface area contributed by atoms with Crippen molar-refractivity contribution in [3.8, 4) is 11.1 Å². The highest BCUT2D eigenvalue weighted by atomic mass is 15.1. The number of rotatable bonds is 4. The molecule has 0 radical (unpaired) electrons. The fourth-order valence-corrected chi connectivity index (χ4v) is 3.52. The SMILES string of the molecule is CC(=CCN1CCCC(C)C1)c1ccccc1-c1ccccc1. The van der Waals surface area contributed by atoms with Gasteiger partial charge in [0, 0.05) is 13.1 Å². The molecule has 1 aliphatic rings. The Kier molecular flexibility index (Phi) is 5.30. The molecule has 1 nitrogen and oxygen atoms in total. The molecule has 0 spiro atoms. The Morgan fingerprint density at radius 2 is 1.83 bits per heavy atom. The van der Waals surface area contributed by atoms with Gasteiger partial charge in [-0.2, -0.15) is 0 Å². The normalized spacial score (nSPS) is 19.7. The summed E-state index contributed by atoms with van der Waals surface area (Å²) in [5, 5.41) is 0. The van der Waals surface area contributed by atoms with Gasteiger partial charge in [0.1, 0.15) is 0 Å². The van der Waals surface area contributed by atoms with Crippen molar-refractivity contribution in [3.63, 3.8) is 0 Å². The summed E-state index contributed by atoms with van der Waals surface area (Å²) in [6, 6.07) is 19.4. The highest BCUT2D eigenvalue weighted by Crippen LogP contribution is 2.28. The van der Waals surface area contributed by atoms with Crippen LogP contribution in [-0.4, -0.2) is 24.5 Å². The second kappa shape index (κ2) is 7.61. The van der Waals surface area contributed by atoms with Gasteiger partial charge in [-0.15, -0.1) is 0 Å². The lowest BCUT2D eigenvalue weighted by atomic mass is 9.95.